The molecule has 0 heterocycles. The van der Waals surface area contributed by atoms with Crippen LogP contribution in [-0.2, 0) is 4.79 Å². The normalized spacial score (nSPS) is 19.8. The number of hydrogen-bond acceptors (Lipinski definition) is 2. The van der Waals surface area contributed by atoms with E-state index >= 15 is 0 Å². The van der Waals surface area contributed by atoms with E-state index < -0.39 is 0 Å². The molecule has 174 valence electrons. The lowest BCUT2D eigenvalue weighted by Crippen LogP contribution is -2.24. The van der Waals surface area contributed by atoms with Crippen LogP contribution in [0.4, 0.5) is 5.69 Å². The molecule has 2 amide bonds. The lowest BCUT2D eigenvalue weighted by Gasteiger charge is -2.08. The van der Waals surface area contributed by atoms with Crippen molar-refractivity contribution < 1.29 is 9.59 Å². The van der Waals surface area contributed by atoms with Crippen LogP contribution in [0.25, 0.3) is 0 Å². The molecule has 3 unspecified atom stereocenters. The molecule has 4 nitrogen and oxygen atoms in total. The van der Waals surface area contributed by atoms with Crippen molar-refractivity contribution in [1.29, 1.82) is 0 Å². The van der Waals surface area contributed by atoms with E-state index in [4.69, 9.17) is 0 Å². The largest absolute Gasteiger partial charge is 0.352 e. The van der Waals surface area contributed by atoms with E-state index in [1.807, 2.05) is 12.1 Å². The number of hydrogen-bond donors (Lipinski definition) is 2. The maximum atomic E-state index is 12.5. The van der Waals surface area contributed by atoms with Crippen molar-refractivity contribution in [3.63, 3.8) is 0 Å². The van der Waals surface area contributed by atoms with Crippen LogP contribution in [-0.4, -0.2) is 18.4 Å². The molecule has 1 aromatic carbocycles. The molecule has 0 aliphatic heterocycles. The van der Waals surface area contributed by atoms with Gasteiger partial charge >= 0.3 is 0 Å². The highest BCUT2D eigenvalue weighted by atomic mass is 16.2. The molecule has 2 N–H and O–H groups in total. The smallest absolute Gasteiger partial charge is 0.251 e. The van der Waals surface area contributed by atoms with E-state index in [2.05, 4.69) is 31.4 Å². The second kappa shape index (κ2) is 14.3. The van der Waals surface area contributed by atoms with Gasteiger partial charge in [0, 0.05) is 23.7 Å². The summed E-state index contributed by atoms with van der Waals surface area (Å²) in [5.41, 5.74) is 1.42. The van der Waals surface area contributed by atoms with Gasteiger partial charge in [-0.2, -0.15) is 0 Å². The van der Waals surface area contributed by atoms with Crippen molar-refractivity contribution >= 4 is 17.5 Å². The highest BCUT2D eigenvalue weighted by Gasteiger charge is 2.50. The Kier molecular flexibility index (Phi) is 11.7. The van der Waals surface area contributed by atoms with E-state index in [1.54, 1.807) is 12.1 Å². The summed E-state index contributed by atoms with van der Waals surface area (Å²) < 4.78 is 0. The summed E-state index contributed by atoms with van der Waals surface area (Å²) in [7, 11) is 0. The van der Waals surface area contributed by atoms with E-state index in [9.17, 15) is 9.59 Å². The fourth-order valence-electron chi connectivity index (χ4n) is 4.53. The van der Waals surface area contributed by atoms with Crippen molar-refractivity contribution in [2.45, 2.75) is 97.8 Å². The van der Waals surface area contributed by atoms with Crippen LogP contribution in [0.5, 0.6) is 0 Å². The molecular weight excluding hydrogens is 384 g/mol. The Balaban J connectivity index is 1.60. The van der Waals surface area contributed by atoms with Crippen LogP contribution in [0, 0.1) is 17.8 Å². The molecule has 0 aromatic heterocycles. The lowest BCUT2D eigenvalue weighted by molar-refractivity contribution is -0.117. The van der Waals surface area contributed by atoms with Crippen molar-refractivity contribution in [1.82, 2.24) is 5.32 Å². The summed E-state index contributed by atoms with van der Waals surface area (Å²) in [6, 6.07) is 7.26. The minimum Gasteiger partial charge on any atom is -0.352 e. The molecule has 1 aliphatic carbocycles. The Morgan fingerprint density at radius 3 is 2.00 bits per heavy atom. The minimum absolute atomic E-state index is 0.0344. The average molecular weight is 429 g/mol. The summed E-state index contributed by atoms with van der Waals surface area (Å²) >= 11 is 0. The molecule has 1 saturated carbocycles. The van der Waals surface area contributed by atoms with Gasteiger partial charge < -0.3 is 10.6 Å². The van der Waals surface area contributed by atoms with Crippen molar-refractivity contribution in [3.8, 4) is 0 Å². The lowest BCUT2D eigenvalue weighted by atomic mass is 10.1. The van der Waals surface area contributed by atoms with E-state index in [0.717, 1.165) is 25.1 Å². The molecule has 1 aliphatic rings. The molecule has 1 fully saturated rings. The van der Waals surface area contributed by atoms with Gasteiger partial charge in [0.2, 0.25) is 5.91 Å². The Hall–Kier alpha value is -1.84. The zero-order chi connectivity index (χ0) is 22.5. The van der Waals surface area contributed by atoms with Gasteiger partial charge in [-0.3, -0.25) is 9.59 Å². The molecule has 4 heteroatoms. The third-order valence-electron chi connectivity index (χ3n) is 6.74. The molecule has 2 rings (SSSR count). The summed E-state index contributed by atoms with van der Waals surface area (Å²) in [5, 5.41) is 6.04. The summed E-state index contributed by atoms with van der Waals surface area (Å²) in [5.74, 6) is 1.25. The molecule has 31 heavy (non-hydrogen) atoms. The van der Waals surface area contributed by atoms with Crippen molar-refractivity contribution in [2.75, 3.05) is 11.9 Å². The molecule has 0 bridgehead atoms. The molecular formula is C27H44N2O2. The summed E-state index contributed by atoms with van der Waals surface area (Å²) in [6.45, 7) is 7.34. The van der Waals surface area contributed by atoms with E-state index in [1.165, 1.54) is 64.2 Å². The molecule has 0 saturated heterocycles. The second-order valence-corrected chi connectivity index (χ2v) is 9.34. The maximum Gasteiger partial charge on any atom is 0.251 e. The number of carbonyl (C=O) groups is 2. The number of carbonyl (C=O) groups excluding carboxylic acids is 2. The highest BCUT2D eigenvalue weighted by Crippen LogP contribution is 2.49. The summed E-state index contributed by atoms with van der Waals surface area (Å²) in [6.07, 6.45) is 15.0. The first-order valence-electron chi connectivity index (χ1n) is 12.8. The Morgan fingerprint density at radius 2 is 1.39 bits per heavy atom. The third-order valence-corrected chi connectivity index (χ3v) is 6.74. The van der Waals surface area contributed by atoms with Gasteiger partial charge in [-0.15, -0.1) is 0 Å². The standard InChI is InChI=1S/C27H44N2O2/c1-4-6-8-9-10-11-12-13-14-20-28-26(30)22-16-18-23(19-17-22)29-27(31)25-21(3)24(25)15-7-5-2/h16-19,21,24-25H,4-15,20H2,1-3H3,(H,28,30)(H,29,31). The molecule has 0 spiro atoms. The molecule has 0 radical (unpaired) electrons. The number of benzene rings is 1. The average Bonchev–Trinajstić information content (AvgIpc) is 3.43. The van der Waals surface area contributed by atoms with Crippen LogP contribution >= 0.6 is 0 Å². The first-order valence-corrected chi connectivity index (χ1v) is 12.8. The van der Waals surface area contributed by atoms with Gasteiger partial charge in [0.1, 0.15) is 0 Å². The van der Waals surface area contributed by atoms with Crippen molar-refractivity contribution in [3.05, 3.63) is 29.8 Å². The third kappa shape index (κ3) is 9.04. The maximum absolute atomic E-state index is 12.5. The number of rotatable bonds is 16. The zero-order valence-corrected chi connectivity index (χ0v) is 20.1. The minimum atomic E-state index is -0.0344. The van der Waals surface area contributed by atoms with Crippen LogP contribution < -0.4 is 10.6 Å². The van der Waals surface area contributed by atoms with Crippen molar-refractivity contribution in [2.24, 2.45) is 17.8 Å². The first kappa shape index (κ1) is 25.4. The van der Waals surface area contributed by atoms with E-state index in [0.29, 0.717) is 17.4 Å². The predicted molar refractivity (Wildman–Crippen MR) is 130 cm³/mol. The number of amides is 2. The number of anilines is 1. The van der Waals surface area contributed by atoms with Crippen LogP contribution in [0.1, 0.15) is 108 Å². The van der Waals surface area contributed by atoms with Gasteiger partial charge in [0.15, 0.2) is 0 Å². The number of nitrogens with one attached hydrogen (secondary N) is 2. The SMILES string of the molecule is CCCCCCCCCCCNC(=O)c1ccc(NC(=O)C2C(C)C2CCCC)cc1. The number of unbranched alkanes of at least 4 members (excludes halogenated alkanes) is 9. The van der Waals surface area contributed by atoms with Gasteiger partial charge in [-0.1, -0.05) is 85.0 Å². The topological polar surface area (TPSA) is 58.2 Å². The fraction of sp³-hybridized carbons (Fsp3) is 0.704. The van der Waals surface area contributed by atoms with Crippen LogP contribution in [0.2, 0.25) is 0 Å². The second-order valence-electron chi connectivity index (χ2n) is 9.34. The van der Waals surface area contributed by atoms with Crippen LogP contribution in [0.15, 0.2) is 24.3 Å². The predicted octanol–water partition coefficient (Wildman–Crippen LogP) is 6.96. The highest BCUT2D eigenvalue weighted by molar-refractivity contribution is 5.97. The van der Waals surface area contributed by atoms with Gasteiger partial charge in [-0.05, 0) is 48.9 Å². The van der Waals surface area contributed by atoms with Gasteiger partial charge in [-0.25, -0.2) is 0 Å². The Morgan fingerprint density at radius 1 is 0.806 bits per heavy atom. The first-order chi connectivity index (χ1) is 15.1. The Bertz CT molecular complexity index is 656. The quantitative estimate of drug-likeness (QED) is 0.280. The van der Waals surface area contributed by atoms with Gasteiger partial charge in [0.05, 0.1) is 0 Å². The van der Waals surface area contributed by atoms with E-state index in [-0.39, 0.29) is 17.7 Å². The summed E-state index contributed by atoms with van der Waals surface area (Å²) in [4.78, 5) is 24.8. The monoisotopic (exact) mass is 428 g/mol. The molecule has 1 aromatic rings. The van der Waals surface area contributed by atoms with Gasteiger partial charge in [0.25, 0.3) is 5.91 Å². The molecule has 3 atom stereocenters. The Labute approximate surface area is 190 Å². The zero-order valence-electron chi connectivity index (χ0n) is 20.1. The van der Waals surface area contributed by atoms with Crippen LogP contribution in [0.3, 0.4) is 0 Å². The fourth-order valence-corrected chi connectivity index (χ4v) is 4.53.